The lowest BCUT2D eigenvalue weighted by Crippen LogP contribution is -2.41. The van der Waals surface area contributed by atoms with Crippen LogP contribution >= 0.6 is 0 Å². The molecule has 25 heavy (non-hydrogen) atoms. The third kappa shape index (κ3) is 2.57. The lowest BCUT2D eigenvalue weighted by molar-refractivity contribution is 0.0638. The smallest absolute Gasteiger partial charge is 0.295 e. The van der Waals surface area contributed by atoms with E-state index in [1.807, 2.05) is 11.5 Å². The molecule has 0 saturated heterocycles. The van der Waals surface area contributed by atoms with Crippen molar-refractivity contribution in [3.05, 3.63) is 47.3 Å². The van der Waals surface area contributed by atoms with Crippen LogP contribution in [0.1, 0.15) is 35.0 Å². The number of benzene rings is 1. The van der Waals surface area contributed by atoms with Crippen LogP contribution in [0.4, 0.5) is 4.39 Å². The fourth-order valence-corrected chi connectivity index (χ4v) is 2.97. The maximum atomic E-state index is 13.1. The van der Waals surface area contributed by atoms with Crippen molar-refractivity contribution in [1.82, 2.24) is 29.8 Å². The van der Waals surface area contributed by atoms with E-state index in [1.165, 1.54) is 24.3 Å². The highest BCUT2D eigenvalue weighted by atomic mass is 19.1. The van der Waals surface area contributed by atoms with Crippen molar-refractivity contribution in [2.24, 2.45) is 0 Å². The zero-order valence-corrected chi connectivity index (χ0v) is 13.7. The van der Waals surface area contributed by atoms with Gasteiger partial charge in [-0.15, -0.1) is 10.2 Å². The maximum Gasteiger partial charge on any atom is 0.295 e. The number of aryl methyl sites for hydroxylation is 1. The van der Waals surface area contributed by atoms with Crippen molar-refractivity contribution in [2.45, 2.75) is 26.4 Å². The summed E-state index contributed by atoms with van der Waals surface area (Å²) in [4.78, 5) is 18.6. The lowest BCUT2D eigenvalue weighted by Gasteiger charge is -2.33. The number of amides is 1. The highest BCUT2D eigenvalue weighted by molar-refractivity contribution is 5.94. The molecule has 0 spiro atoms. The first-order chi connectivity index (χ1) is 12.0. The molecule has 0 N–H and O–H groups in total. The first-order valence-corrected chi connectivity index (χ1v) is 7.85. The Labute approximate surface area is 142 Å². The third-order valence-electron chi connectivity index (χ3n) is 4.26. The minimum atomic E-state index is -0.373. The molecular formula is C16H15FN6O2. The fraction of sp³-hybridized carbons (Fsp3) is 0.312. The molecule has 0 aliphatic carbocycles. The van der Waals surface area contributed by atoms with Gasteiger partial charge < -0.3 is 14.0 Å². The number of hydrogen-bond donors (Lipinski definition) is 0. The van der Waals surface area contributed by atoms with E-state index in [-0.39, 0.29) is 17.8 Å². The Hall–Kier alpha value is -3.10. The largest absolute Gasteiger partial charge is 0.330 e. The molecule has 9 heteroatoms. The van der Waals surface area contributed by atoms with Crippen LogP contribution in [0.3, 0.4) is 0 Å². The van der Waals surface area contributed by atoms with Crippen LogP contribution in [-0.2, 0) is 6.54 Å². The molecule has 1 atom stereocenters. The van der Waals surface area contributed by atoms with E-state index < -0.39 is 0 Å². The fourth-order valence-electron chi connectivity index (χ4n) is 2.97. The molecule has 1 amide bonds. The van der Waals surface area contributed by atoms with Crippen molar-refractivity contribution in [3.8, 4) is 11.7 Å². The van der Waals surface area contributed by atoms with E-state index in [9.17, 15) is 9.18 Å². The van der Waals surface area contributed by atoms with Gasteiger partial charge in [0.05, 0.1) is 6.04 Å². The quantitative estimate of drug-likeness (QED) is 0.707. The summed E-state index contributed by atoms with van der Waals surface area (Å²) in [5.41, 5.74) is 0.439. The van der Waals surface area contributed by atoms with Crippen molar-refractivity contribution in [1.29, 1.82) is 0 Å². The predicted octanol–water partition coefficient (Wildman–Crippen LogP) is 1.99. The van der Waals surface area contributed by atoms with Gasteiger partial charge in [0.1, 0.15) is 5.82 Å². The summed E-state index contributed by atoms with van der Waals surface area (Å²) < 4.78 is 20.1. The lowest BCUT2D eigenvalue weighted by atomic mass is 10.1. The number of hydrogen-bond acceptors (Lipinski definition) is 6. The average Bonchev–Trinajstić information content (AvgIpc) is 3.21. The first-order valence-electron chi connectivity index (χ1n) is 7.85. The molecule has 0 fully saturated rings. The number of fused-ring (bicyclic) bond motifs is 1. The summed E-state index contributed by atoms with van der Waals surface area (Å²) in [5, 5.41) is 12.1. The monoisotopic (exact) mass is 342 g/mol. The van der Waals surface area contributed by atoms with Gasteiger partial charge in [0.15, 0.2) is 11.6 Å². The van der Waals surface area contributed by atoms with Gasteiger partial charge in [0, 0.05) is 18.7 Å². The number of aromatic nitrogens is 5. The Bertz CT molecular complexity index is 933. The maximum absolute atomic E-state index is 13.1. The van der Waals surface area contributed by atoms with Gasteiger partial charge in [-0.25, -0.2) is 4.39 Å². The second-order valence-corrected chi connectivity index (χ2v) is 5.86. The van der Waals surface area contributed by atoms with Crippen LogP contribution in [0, 0.1) is 12.7 Å². The second kappa shape index (κ2) is 5.76. The topological polar surface area (TPSA) is 89.9 Å². The van der Waals surface area contributed by atoms with Gasteiger partial charge in [0.25, 0.3) is 11.8 Å². The zero-order valence-electron chi connectivity index (χ0n) is 13.7. The summed E-state index contributed by atoms with van der Waals surface area (Å²) in [7, 11) is 0. The zero-order chi connectivity index (χ0) is 17.6. The minimum absolute atomic E-state index is 0.170. The number of carbonyl (C=O) groups is 1. The average molecular weight is 342 g/mol. The van der Waals surface area contributed by atoms with Crippen molar-refractivity contribution >= 4 is 5.91 Å². The number of halogens is 1. The molecule has 8 nitrogen and oxygen atoms in total. The van der Waals surface area contributed by atoms with Crippen molar-refractivity contribution < 1.29 is 13.7 Å². The Morgan fingerprint density at radius 3 is 2.68 bits per heavy atom. The highest BCUT2D eigenvalue weighted by Crippen LogP contribution is 2.28. The Morgan fingerprint density at radius 1 is 1.24 bits per heavy atom. The molecule has 1 unspecified atom stereocenters. The van der Waals surface area contributed by atoms with Gasteiger partial charge in [0.2, 0.25) is 5.82 Å². The van der Waals surface area contributed by atoms with Gasteiger partial charge in [-0.2, -0.15) is 4.98 Å². The van der Waals surface area contributed by atoms with E-state index in [0.717, 1.165) is 0 Å². The molecule has 2 aromatic heterocycles. The normalized spacial score (nSPS) is 16.8. The molecule has 3 heterocycles. The summed E-state index contributed by atoms with van der Waals surface area (Å²) in [6.45, 7) is 4.59. The number of carbonyl (C=O) groups excluding carboxylic acids is 1. The van der Waals surface area contributed by atoms with Crippen LogP contribution in [0.15, 0.2) is 28.8 Å². The van der Waals surface area contributed by atoms with Crippen LogP contribution in [-0.4, -0.2) is 42.3 Å². The molecule has 1 aromatic carbocycles. The van der Waals surface area contributed by atoms with E-state index >= 15 is 0 Å². The van der Waals surface area contributed by atoms with Gasteiger partial charge in [-0.1, -0.05) is 5.16 Å². The van der Waals surface area contributed by atoms with Crippen LogP contribution in [0.25, 0.3) is 11.7 Å². The highest BCUT2D eigenvalue weighted by Gasteiger charge is 2.33. The summed E-state index contributed by atoms with van der Waals surface area (Å²) in [5.74, 6) is 1.43. The summed E-state index contributed by atoms with van der Waals surface area (Å²) >= 11 is 0. The number of rotatable bonds is 2. The van der Waals surface area contributed by atoms with E-state index in [0.29, 0.717) is 42.0 Å². The minimum Gasteiger partial charge on any atom is -0.330 e. The SMILES string of the molecule is Cc1noc(-c2nnc3n2CCN(C(=O)c2ccc(F)cc2)C3C)n1. The molecule has 1 aliphatic heterocycles. The van der Waals surface area contributed by atoms with Crippen LogP contribution < -0.4 is 0 Å². The molecule has 0 bridgehead atoms. The third-order valence-corrected chi connectivity index (χ3v) is 4.26. The van der Waals surface area contributed by atoms with E-state index in [4.69, 9.17) is 4.52 Å². The molecule has 128 valence electrons. The molecule has 3 aromatic rings. The van der Waals surface area contributed by atoms with Crippen molar-refractivity contribution in [3.63, 3.8) is 0 Å². The standard InChI is InChI=1S/C16H15FN6O2/c1-9-13-19-20-14(15-18-10(2)21-25-15)23(13)8-7-22(9)16(24)11-3-5-12(17)6-4-11/h3-6,9H,7-8H2,1-2H3. The van der Waals surface area contributed by atoms with Crippen LogP contribution in [0.2, 0.25) is 0 Å². The predicted molar refractivity (Wildman–Crippen MR) is 83.9 cm³/mol. The van der Waals surface area contributed by atoms with Gasteiger partial charge in [-0.3, -0.25) is 4.79 Å². The second-order valence-electron chi connectivity index (χ2n) is 5.86. The molecule has 0 saturated carbocycles. The first kappa shape index (κ1) is 15.4. The Kier molecular flexibility index (Phi) is 3.56. The summed E-state index contributed by atoms with van der Waals surface area (Å²) in [6, 6.07) is 5.24. The van der Waals surface area contributed by atoms with Crippen LogP contribution in [0.5, 0.6) is 0 Å². The molecule has 0 radical (unpaired) electrons. The van der Waals surface area contributed by atoms with E-state index in [2.05, 4.69) is 20.3 Å². The Morgan fingerprint density at radius 2 is 2.00 bits per heavy atom. The Balaban J connectivity index is 1.63. The molecular weight excluding hydrogens is 327 g/mol. The van der Waals surface area contributed by atoms with E-state index in [1.54, 1.807) is 11.8 Å². The number of nitrogens with zero attached hydrogens (tertiary/aromatic N) is 6. The van der Waals surface area contributed by atoms with Gasteiger partial charge >= 0.3 is 0 Å². The summed E-state index contributed by atoms with van der Waals surface area (Å²) in [6.07, 6.45) is 0. The molecule has 1 aliphatic rings. The van der Waals surface area contributed by atoms with Crippen molar-refractivity contribution in [2.75, 3.05) is 6.54 Å². The van der Waals surface area contributed by atoms with Gasteiger partial charge in [-0.05, 0) is 38.1 Å². The molecule has 4 rings (SSSR count).